The summed E-state index contributed by atoms with van der Waals surface area (Å²) >= 11 is 1.54. The Hall–Kier alpha value is -3.00. The van der Waals surface area contributed by atoms with Gasteiger partial charge in [0.15, 0.2) is 4.96 Å². The molecule has 0 fully saturated rings. The number of carbonyl (C=O) groups excluding carboxylic acids is 1. The van der Waals surface area contributed by atoms with Gasteiger partial charge in [-0.15, -0.1) is 0 Å². The Kier molecular flexibility index (Phi) is 5.19. The molecule has 0 aliphatic rings. The van der Waals surface area contributed by atoms with Gasteiger partial charge in [0.05, 0.1) is 17.9 Å². The number of aryl methyl sites for hydroxylation is 3. The van der Waals surface area contributed by atoms with E-state index in [-0.39, 0.29) is 11.7 Å². The first-order valence-corrected chi connectivity index (χ1v) is 10.2. The maximum atomic E-state index is 13.1. The van der Waals surface area contributed by atoms with Crippen molar-refractivity contribution in [3.05, 3.63) is 63.9 Å². The van der Waals surface area contributed by atoms with Crippen molar-refractivity contribution in [1.82, 2.24) is 19.9 Å². The standard InChI is InChI=1S/C21H21FN4O2S/c1-12-17(14(3)28-25-12)8-9-20(27)23-10-19-13(2)26-11-18(24-21(26)29-19)15-4-6-16(22)7-5-15/h4-7,11H,8-10H2,1-3H3,(H,23,27). The molecule has 3 heterocycles. The third-order valence-electron chi connectivity index (χ3n) is 5.02. The van der Waals surface area contributed by atoms with Crippen LogP contribution in [0.2, 0.25) is 0 Å². The van der Waals surface area contributed by atoms with Gasteiger partial charge in [0, 0.05) is 34.3 Å². The molecule has 0 aliphatic heterocycles. The summed E-state index contributed by atoms with van der Waals surface area (Å²) in [5, 5.41) is 6.90. The minimum absolute atomic E-state index is 0.0116. The number of thiazole rings is 1. The van der Waals surface area contributed by atoms with Gasteiger partial charge in [0.25, 0.3) is 0 Å². The summed E-state index contributed by atoms with van der Waals surface area (Å²) in [7, 11) is 0. The monoisotopic (exact) mass is 412 g/mol. The predicted octanol–water partition coefficient (Wildman–Crippen LogP) is 4.36. The minimum atomic E-state index is -0.265. The average molecular weight is 412 g/mol. The number of nitrogens with zero attached hydrogens (tertiary/aromatic N) is 3. The van der Waals surface area contributed by atoms with E-state index >= 15 is 0 Å². The van der Waals surface area contributed by atoms with E-state index in [0.717, 1.165) is 43.8 Å². The lowest BCUT2D eigenvalue weighted by Crippen LogP contribution is -2.23. The second-order valence-corrected chi connectivity index (χ2v) is 8.04. The third kappa shape index (κ3) is 3.93. The highest BCUT2D eigenvalue weighted by molar-refractivity contribution is 7.17. The van der Waals surface area contributed by atoms with Crippen molar-refractivity contribution < 1.29 is 13.7 Å². The Balaban J connectivity index is 1.40. The molecule has 29 heavy (non-hydrogen) atoms. The Bertz CT molecular complexity index is 1150. The zero-order valence-corrected chi connectivity index (χ0v) is 17.3. The molecule has 0 radical (unpaired) electrons. The fraction of sp³-hybridized carbons (Fsp3) is 0.286. The van der Waals surface area contributed by atoms with Crippen LogP contribution in [0.4, 0.5) is 4.39 Å². The quantitative estimate of drug-likeness (QED) is 0.511. The van der Waals surface area contributed by atoms with Gasteiger partial charge in [-0.05, 0) is 51.5 Å². The molecule has 3 aromatic heterocycles. The van der Waals surface area contributed by atoms with Crippen LogP contribution in [-0.4, -0.2) is 20.4 Å². The van der Waals surface area contributed by atoms with Crippen LogP contribution in [-0.2, 0) is 17.8 Å². The second-order valence-electron chi connectivity index (χ2n) is 6.98. The van der Waals surface area contributed by atoms with Crippen LogP contribution in [0.3, 0.4) is 0 Å². The van der Waals surface area contributed by atoms with Crippen molar-refractivity contribution in [3.8, 4) is 11.3 Å². The maximum Gasteiger partial charge on any atom is 0.220 e. The highest BCUT2D eigenvalue weighted by Crippen LogP contribution is 2.27. The summed E-state index contributed by atoms with van der Waals surface area (Å²) in [6, 6.07) is 6.30. The average Bonchev–Trinajstić information content (AvgIpc) is 3.34. The summed E-state index contributed by atoms with van der Waals surface area (Å²) in [5.41, 5.74) is 4.55. The van der Waals surface area contributed by atoms with Crippen LogP contribution in [0.5, 0.6) is 0 Å². The van der Waals surface area contributed by atoms with Gasteiger partial charge < -0.3 is 9.84 Å². The second kappa shape index (κ2) is 7.79. The third-order valence-corrected chi connectivity index (χ3v) is 6.18. The first kappa shape index (κ1) is 19.3. The van der Waals surface area contributed by atoms with E-state index in [1.165, 1.54) is 12.1 Å². The van der Waals surface area contributed by atoms with Crippen LogP contribution in [0, 0.1) is 26.6 Å². The van der Waals surface area contributed by atoms with E-state index in [2.05, 4.69) is 15.5 Å². The molecule has 0 bridgehead atoms. The number of nitrogens with one attached hydrogen (secondary N) is 1. The van der Waals surface area contributed by atoms with E-state index in [1.807, 2.05) is 31.4 Å². The van der Waals surface area contributed by atoms with Crippen molar-refractivity contribution >= 4 is 22.2 Å². The smallest absolute Gasteiger partial charge is 0.220 e. The number of hydrogen-bond donors (Lipinski definition) is 1. The molecule has 0 unspecified atom stereocenters. The molecule has 4 aromatic rings. The number of aromatic nitrogens is 3. The molecule has 0 spiro atoms. The van der Waals surface area contributed by atoms with Crippen LogP contribution in [0.1, 0.15) is 34.0 Å². The SMILES string of the molecule is Cc1noc(C)c1CCC(=O)NCc1sc2nc(-c3ccc(F)cc3)cn2c1C. The van der Waals surface area contributed by atoms with Crippen molar-refractivity contribution in [2.75, 3.05) is 0 Å². The lowest BCUT2D eigenvalue weighted by Gasteiger charge is -2.05. The summed E-state index contributed by atoms with van der Waals surface area (Å²) in [5.74, 6) is 0.489. The molecule has 1 amide bonds. The van der Waals surface area contributed by atoms with Gasteiger partial charge in [0.1, 0.15) is 11.6 Å². The summed E-state index contributed by atoms with van der Waals surface area (Å²) in [6.07, 6.45) is 2.94. The van der Waals surface area contributed by atoms with E-state index in [9.17, 15) is 9.18 Å². The Morgan fingerprint density at radius 2 is 2.00 bits per heavy atom. The lowest BCUT2D eigenvalue weighted by atomic mass is 10.1. The van der Waals surface area contributed by atoms with Crippen LogP contribution in [0.25, 0.3) is 16.2 Å². The fourth-order valence-corrected chi connectivity index (χ4v) is 4.33. The molecular weight excluding hydrogens is 391 g/mol. The Morgan fingerprint density at radius 3 is 2.66 bits per heavy atom. The van der Waals surface area contributed by atoms with Gasteiger partial charge >= 0.3 is 0 Å². The molecule has 6 nitrogen and oxygen atoms in total. The first-order valence-electron chi connectivity index (χ1n) is 9.34. The number of hydrogen-bond acceptors (Lipinski definition) is 5. The Labute approximate surface area is 171 Å². The van der Waals surface area contributed by atoms with E-state index in [0.29, 0.717) is 19.4 Å². The summed E-state index contributed by atoms with van der Waals surface area (Å²) in [6.45, 7) is 6.21. The molecule has 0 saturated carbocycles. The highest BCUT2D eigenvalue weighted by Gasteiger charge is 2.15. The number of halogens is 1. The van der Waals surface area contributed by atoms with Gasteiger partial charge in [-0.25, -0.2) is 9.37 Å². The molecule has 8 heteroatoms. The zero-order valence-electron chi connectivity index (χ0n) is 16.5. The minimum Gasteiger partial charge on any atom is -0.361 e. The molecule has 1 N–H and O–H groups in total. The van der Waals surface area contributed by atoms with E-state index in [1.54, 1.807) is 23.5 Å². The molecule has 0 atom stereocenters. The van der Waals surface area contributed by atoms with Gasteiger partial charge in [-0.2, -0.15) is 0 Å². The van der Waals surface area contributed by atoms with Crippen LogP contribution in [0.15, 0.2) is 35.0 Å². The fourth-order valence-electron chi connectivity index (χ4n) is 3.28. The zero-order chi connectivity index (χ0) is 20.5. The number of fused-ring (bicyclic) bond motifs is 1. The maximum absolute atomic E-state index is 13.1. The van der Waals surface area contributed by atoms with Gasteiger partial charge in [0.2, 0.25) is 5.91 Å². The van der Waals surface area contributed by atoms with Crippen LogP contribution < -0.4 is 5.32 Å². The van der Waals surface area contributed by atoms with Crippen molar-refractivity contribution in [3.63, 3.8) is 0 Å². The molecule has 0 saturated heterocycles. The first-order chi connectivity index (χ1) is 13.9. The van der Waals surface area contributed by atoms with Crippen LogP contribution >= 0.6 is 11.3 Å². The van der Waals surface area contributed by atoms with Crippen molar-refractivity contribution in [2.45, 2.75) is 40.2 Å². The Morgan fingerprint density at radius 1 is 1.24 bits per heavy atom. The van der Waals surface area contributed by atoms with Crippen molar-refractivity contribution in [1.29, 1.82) is 0 Å². The van der Waals surface area contributed by atoms with Gasteiger partial charge in [-0.1, -0.05) is 16.5 Å². The van der Waals surface area contributed by atoms with Crippen molar-refractivity contribution in [2.24, 2.45) is 0 Å². The molecule has 0 aliphatic carbocycles. The van der Waals surface area contributed by atoms with E-state index in [4.69, 9.17) is 4.52 Å². The number of amides is 1. The number of imidazole rings is 1. The largest absolute Gasteiger partial charge is 0.361 e. The number of carbonyl (C=O) groups is 1. The topological polar surface area (TPSA) is 72.4 Å². The van der Waals surface area contributed by atoms with Gasteiger partial charge in [-0.3, -0.25) is 9.20 Å². The van der Waals surface area contributed by atoms with E-state index < -0.39 is 0 Å². The molecule has 4 rings (SSSR count). The lowest BCUT2D eigenvalue weighted by molar-refractivity contribution is -0.121. The molecular formula is C21H21FN4O2S. The summed E-state index contributed by atoms with van der Waals surface area (Å²) in [4.78, 5) is 18.8. The number of rotatable bonds is 6. The predicted molar refractivity (Wildman–Crippen MR) is 109 cm³/mol. The number of benzene rings is 1. The molecule has 150 valence electrons. The summed E-state index contributed by atoms with van der Waals surface area (Å²) < 4.78 is 20.3. The molecule has 1 aromatic carbocycles. The normalized spacial score (nSPS) is 11.3. The highest BCUT2D eigenvalue weighted by atomic mass is 32.1.